The van der Waals surface area contributed by atoms with Crippen molar-refractivity contribution in [2.75, 3.05) is 13.2 Å². The van der Waals surface area contributed by atoms with Crippen LogP contribution in [0.1, 0.15) is 30.4 Å². The van der Waals surface area contributed by atoms with Crippen molar-refractivity contribution >= 4 is 11.8 Å². The van der Waals surface area contributed by atoms with Crippen LogP contribution in [0.2, 0.25) is 0 Å². The number of nitrogens with two attached hydrogens (primary N) is 1. The first-order valence-electron chi connectivity index (χ1n) is 10.4. The molecule has 30 heavy (non-hydrogen) atoms. The highest BCUT2D eigenvalue weighted by Gasteiger charge is 2.53. The molecule has 0 spiro atoms. The Morgan fingerprint density at radius 3 is 1.60 bits per heavy atom. The molecule has 0 radical (unpaired) electrons. The van der Waals surface area contributed by atoms with E-state index >= 15 is 0 Å². The predicted molar refractivity (Wildman–Crippen MR) is 114 cm³/mol. The van der Waals surface area contributed by atoms with E-state index in [1.165, 1.54) is 4.90 Å². The van der Waals surface area contributed by atoms with Crippen LogP contribution in [0.25, 0.3) is 0 Å². The standard InChI is InChI=1S/C24H30N2O4/c25-22(29)24(12-7-13-24)23(30)26(20(16-27)14-18-8-3-1-4-9-18)21(17-28)15-19-10-5-2-6-11-19/h1-6,8-11,20-21,27-28H,7,12-17H2,(H2,25,29). The number of rotatable bonds is 10. The quantitative estimate of drug-likeness (QED) is 0.519. The molecule has 6 nitrogen and oxygen atoms in total. The van der Waals surface area contributed by atoms with E-state index in [-0.39, 0.29) is 19.1 Å². The molecule has 2 aromatic rings. The third-order valence-corrected chi connectivity index (χ3v) is 6.16. The van der Waals surface area contributed by atoms with Gasteiger partial charge in [-0.2, -0.15) is 0 Å². The Bertz CT molecular complexity index is 787. The van der Waals surface area contributed by atoms with Gasteiger partial charge in [0, 0.05) is 0 Å². The number of primary amides is 1. The monoisotopic (exact) mass is 410 g/mol. The molecule has 2 atom stereocenters. The summed E-state index contributed by atoms with van der Waals surface area (Å²) in [6.07, 6.45) is 2.41. The number of aliphatic hydroxyl groups is 2. The van der Waals surface area contributed by atoms with Gasteiger partial charge in [0.05, 0.1) is 25.3 Å². The highest BCUT2D eigenvalue weighted by molar-refractivity contribution is 6.05. The lowest BCUT2D eigenvalue weighted by atomic mass is 9.66. The molecule has 1 aliphatic carbocycles. The summed E-state index contributed by atoms with van der Waals surface area (Å²) < 4.78 is 0. The van der Waals surface area contributed by atoms with E-state index < -0.39 is 23.4 Å². The average molecular weight is 411 g/mol. The third-order valence-electron chi connectivity index (χ3n) is 6.16. The molecule has 4 N–H and O–H groups in total. The van der Waals surface area contributed by atoms with Crippen molar-refractivity contribution in [1.82, 2.24) is 4.90 Å². The van der Waals surface area contributed by atoms with Crippen molar-refractivity contribution in [1.29, 1.82) is 0 Å². The largest absolute Gasteiger partial charge is 0.394 e. The topological polar surface area (TPSA) is 104 Å². The molecule has 2 unspecified atom stereocenters. The van der Waals surface area contributed by atoms with Crippen LogP contribution >= 0.6 is 0 Å². The van der Waals surface area contributed by atoms with Gasteiger partial charge < -0.3 is 20.8 Å². The molecule has 0 aliphatic heterocycles. The van der Waals surface area contributed by atoms with Crippen molar-refractivity contribution in [3.63, 3.8) is 0 Å². The lowest BCUT2D eigenvalue weighted by Gasteiger charge is -2.46. The van der Waals surface area contributed by atoms with Gasteiger partial charge in [-0.05, 0) is 36.8 Å². The molecule has 2 amide bonds. The van der Waals surface area contributed by atoms with Gasteiger partial charge in [0.25, 0.3) is 0 Å². The van der Waals surface area contributed by atoms with E-state index in [9.17, 15) is 19.8 Å². The Morgan fingerprint density at radius 1 is 0.867 bits per heavy atom. The molecule has 0 bridgehead atoms. The number of hydrogen-bond donors (Lipinski definition) is 3. The number of nitrogens with zero attached hydrogens (tertiary/aromatic N) is 1. The smallest absolute Gasteiger partial charge is 0.238 e. The number of benzene rings is 2. The fourth-order valence-corrected chi connectivity index (χ4v) is 4.25. The van der Waals surface area contributed by atoms with Gasteiger partial charge in [-0.25, -0.2) is 0 Å². The first-order chi connectivity index (χ1) is 14.5. The first-order valence-corrected chi connectivity index (χ1v) is 10.4. The Balaban J connectivity index is 1.95. The van der Waals surface area contributed by atoms with E-state index in [0.29, 0.717) is 25.7 Å². The molecule has 1 aliphatic rings. The van der Waals surface area contributed by atoms with Gasteiger partial charge in [-0.1, -0.05) is 67.1 Å². The summed E-state index contributed by atoms with van der Waals surface area (Å²) in [7, 11) is 0. The van der Waals surface area contributed by atoms with E-state index in [1.54, 1.807) is 0 Å². The van der Waals surface area contributed by atoms with Crippen LogP contribution in [-0.2, 0) is 22.4 Å². The zero-order chi connectivity index (χ0) is 21.6. The second kappa shape index (κ2) is 9.87. The minimum Gasteiger partial charge on any atom is -0.394 e. The van der Waals surface area contributed by atoms with Crippen LogP contribution in [-0.4, -0.2) is 52.2 Å². The Morgan fingerprint density at radius 2 is 1.30 bits per heavy atom. The highest BCUT2D eigenvalue weighted by Crippen LogP contribution is 2.43. The molecular formula is C24H30N2O4. The molecule has 160 valence electrons. The van der Waals surface area contributed by atoms with Gasteiger partial charge in [0.2, 0.25) is 11.8 Å². The summed E-state index contributed by atoms with van der Waals surface area (Å²) in [5.41, 5.74) is 6.34. The van der Waals surface area contributed by atoms with Crippen molar-refractivity contribution in [2.45, 2.75) is 44.2 Å². The summed E-state index contributed by atoms with van der Waals surface area (Å²) in [6.45, 7) is -0.554. The molecule has 0 saturated heterocycles. The van der Waals surface area contributed by atoms with Gasteiger partial charge in [0.1, 0.15) is 5.41 Å². The van der Waals surface area contributed by atoms with E-state index in [0.717, 1.165) is 17.5 Å². The lowest BCUT2D eigenvalue weighted by Crippen LogP contribution is -2.62. The summed E-state index contributed by atoms with van der Waals surface area (Å²) in [4.78, 5) is 27.4. The first kappa shape index (κ1) is 22.0. The van der Waals surface area contributed by atoms with Crippen LogP contribution in [0.5, 0.6) is 0 Å². The number of hydrogen-bond acceptors (Lipinski definition) is 4. The van der Waals surface area contributed by atoms with E-state index in [1.807, 2.05) is 60.7 Å². The van der Waals surface area contributed by atoms with Gasteiger partial charge in [-0.15, -0.1) is 0 Å². The van der Waals surface area contributed by atoms with Crippen molar-refractivity contribution in [3.8, 4) is 0 Å². The maximum Gasteiger partial charge on any atom is 0.238 e. The zero-order valence-corrected chi connectivity index (χ0v) is 17.1. The maximum atomic E-state index is 13.7. The average Bonchev–Trinajstić information content (AvgIpc) is 2.72. The minimum atomic E-state index is -1.24. The number of aliphatic hydroxyl groups excluding tert-OH is 2. The SMILES string of the molecule is NC(=O)C1(C(=O)N(C(CO)Cc2ccccc2)C(CO)Cc2ccccc2)CCC1. The van der Waals surface area contributed by atoms with E-state index in [4.69, 9.17) is 5.73 Å². The molecule has 0 aromatic heterocycles. The molecule has 2 aromatic carbocycles. The van der Waals surface area contributed by atoms with E-state index in [2.05, 4.69) is 0 Å². The fourth-order valence-electron chi connectivity index (χ4n) is 4.25. The minimum absolute atomic E-state index is 0.277. The van der Waals surface area contributed by atoms with Crippen molar-refractivity contribution < 1.29 is 19.8 Å². The van der Waals surface area contributed by atoms with Gasteiger partial charge in [-0.3, -0.25) is 9.59 Å². The Kier molecular flexibility index (Phi) is 7.24. The summed E-state index contributed by atoms with van der Waals surface area (Å²) >= 11 is 0. The number of carbonyl (C=O) groups excluding carboxylic acids is 2. The van der Waals surface area contributed by atoms with Crippen LogP contribution in [0, 0.1) is 5.41 Å². The molecule has 3 rings (SSSR count). The molecule has 1 fully saturated rings. The highest BCUT2D eigenvalue weighted by atomic mass is 16.3. The molecule has 1 saturated carbocycles. The number of amides is 2. The second-order valence-corrected chi connectivity index (χ2v) is 8.06. The number of carbonyl (C=O) groups is 2. The predicted octanol–water partition coefficient (Wildman–Crippen LogP) is 1.68. The molecule has 6 heteroatoms. The normalized spacial score (nSPS) is 16.9. The second-order valence-electron chi connectivity index (χ2n) is 8.06. The molecular weight excluding hydrogens is 380 g/mol. The zero-order valence-electron chi connectivity index (χ0n) is 17.1. The summed E-state index contributed by atoms with van der Waals surface area (Å²) in [5.74, 6) is -1.01. The fraction of sp³-hybridized carbons (Fsp3) is 0.417. The van der Waals surface area contributed by atoms with Crippen molar-refractivity contribution in [2.24, 2.45) is 11.1 Å². The summed E-state index contributed by atoms with van der Waals surface area (Å²) in [5, 5.41) is 20.4. The maximum absolute atomic E-state index is 13.7. The summed E-state index contributed by atoms with van der Waals surface area (Å²) in [6, 6.07) is 18.0. The van der Waals surface area contributed by atoms with Crippen LogP contribution in [0.15, 0.2) is 60.7 Å². The Labute approximate surface area is 177 Å². The van der Waals surface area contributed by atoms with Crippen molar-refractivity contribution in [3.05, 3.63) is 71.8 Å². The van der Waals surface area contributed by atoms with Crippen LogP contribution in [0.4, 0.5) is 0 Å². The van der Waals surface area contributed by atoms with Crippen LogP contribution < -0.4 is 5.73 Å². The third kappa shape index (κ3) is 4.55. The van der Waals surface area contributed by atoms with Gasteiger partial charge in [0.15, 0.2) is 0 Å². The Hall–Kier alpha value is -2.70. The lowest BCUT2D eigenvalue weighted by molar-refractivity contribution is -0.161. The van der Waals surface area contributed by atoms with Gasteiger partial charge >= 0.3 is 0 Å². The van der Waals surface area contributed by atoms with Crippen LogP contribution in [0.3, 0.4) is 0 Å². The molecule has 0 heterocycles.